The minimum absolute atomic E-state index is 0.239. The smallest absolute Gasteiger partial charge is 0.220 e. The van der Waals surface area contributed by atoms with Crippen LogP contribution in [-0.4, -0.2) is 55.3 Å². The Kier molecular flexibility index (Phi) is 40.7. The summed E-state index contributed by atoms with van der Waals surface area (Å²) in [6.45, 7) is 13.8. The molecular weight excluding hydrogens is 662 g/mol. The molecule has 0 aliphatic rings. The third-order valence-corrected chi connectivity index (χ3v) is 11.4. The fourth-order valence-corrected chi connectivity index (χ4v) is 7.83. The molecule has 0 fully saturated rings. The zero-order chi connectivity index (χ0) is 38.2. The van der Waals surface area contributed by atoms with Crippen LogP contribution in [0.25, 0.3) is 0 Å². The summed E-state index contributed by atoms with van der Waals surface area (Å²) in [7, 11) is 0. The number of hydrogen-bond donors (Lipinski definition) is 2. The van der Waals surface area contributed by atoms with Gasteiger partial charge in [0.05, 0.1) is 0 Å². The molecule has 2 atom stereocenters. The number of unbranched alkanes of at least 4 members (excludes halogenated alkanes) is 20. The first kappa shape index (κ1) is 51.2. The lowest BCUT2D eigenvalue weighted by Gasteiger charge is -2.21. The highest BCUT2D eigenvalue weighted by molar-refractivity contribution is 6.18. The summed E-state index contributed by atoms with van der Waals surface area (Å²) in [6.07, 6.45) is 39.3. The normalized spacial score (nSPS) is 12.7. The van der Waals surface area contributed by atoms with E-state index in [2.05, 4.69) is 43.2 Å². The minimum Gasteiger partial charge on any atom is -0.356 e. The second-order valence-corrected chi connectivity index (χ2v) is 16.7. The maximum absolute atomic E-state index is 12.7. The van der Waals surface area contributed by atoms with E-state index in [0.29, 0.717) is 30.6 Å². The van der Waals surface area contributed by atoms with Crippen molar-refractivity contribution in [2.24, 2.45) is 11.8 Å². The first-order chi connectivity index (χ1) is 25.5. The zero-order valence-corrected chi connectivity index (χ0v) is 36.4. The summed E-state index contributed by atoms with van der Waals surface area (Å²) in [5, 5.41) is 6.60. The summed E-state index contributed by atoms with van der Waals surface area (Å²) in [4.78, 5) is 27.8. The van der Waals surface area contributed by atoms with E-state index >= 15 is 0 Å². The molecule has 0 rings (SSSR count). The molecule has 0 saturated carbocycles. The molecule has 2 N–H and O–H groups in total. The predicted molar refractivity (Wildman–Crippen MR) is 231 cm³/mol. The van der Waals surface area contributed by atoms with E-state index in [1.807, 2.05) is 0 Å². The highest BCUT2D eigenvalue weighted by atomic mass is 35.5. The van der Waals surface area contributed by atoms with E-state index in [4.69, 9.17) is 11.6 Å². The lowest BCUT2D eigenvalue weighted by molar-refractivity contribution is -0.122. The van der Waals surface area contributed by atoms with Gasteiger partial charge in [0.15, 0.2) is 0 Å². The molecular formula is C46H92ClN3O2. The van der Waals surface area contributed by atoms with Gasteiger partial charge < -0.3 is 15.5 Å². The summed E-state index contributed by atoms with van der Waals surface area (Å²) in [5.74, 6) is 2.42. The van der Waals surface area contributed by atoms with Gasteiger partial charge in [-0.15, -0.1) is 11.6 Å². The van der Waals surface area contributed by atoms with Crippen molar-refractivity contribution >= 4 is 23.4 Å². The number of nitrogens with one attached hydrogen (secondary N) is 2. The Morgan fingerprint density at radius 2 is 0.731 bits per heavy atom. The molecule has 52 heavy (non-hydrogen) atoms. The van der Waals surface area contributed by atoms with Crippen LogP contribution in [0.5, 0.6) is 0 Å². The molecule has 0 radical (unpaired) electrons. The Morgan fingerprint density at radius 1 is 0.423 bits per heavy atom. The van der Waals surface area contributed by atoms with Gasteiger partial charge in [-0.05, 0) is 76.3 Å². The number of halogens is 1. The van der Waals surface area contributed by atoms with Crippen molar-refractivity contribution in [1.82, 2.24) is 15.5 Å². The van der Waals surface area contributed by atoms with Crippen LogP contribution < -0.4 is 10.6 Å². The third-order valence-electron chi connectivity index (χ3n) is 11.2. The highest BCUT2D eigenvalue weighted by Crippen LogP contribution is 2.20. The SMILES string of the molecule is CCCCCCCCC(CCCCCC)CNC(=O)CCCCCN(CCCl)CCCCCC(=O)NCC(CCCCCC)CCCCCCCC. The van der Waals surface area contributed by atoms with Gasteiger partial charge >= 0.3 is 0 Å². The van der Waals surface area contributed by atoms with E-state index in [9.17, 15) is 9.59 Å². The van der Waals surface area contributed by atoms with Crippen LogP contribution in [0.2, 0.25) is 0 Å². The van der Waals surface area contributed by atoms with Crippen LogP contribution in [0.15, 0.2) is 0 Å². The highest BCUT2D eigenvalue weighted by Gasteiger charge is 2.13. The molecule has 2 unspecified atom stereocenters. The van der Waals surface area contributed by atoms with Gasteiger partial charge in [-0.3, -0.25) is 9.59 Å². The lowest BCUT2D eigenvalue weighted by Crippen LogP contribution is -2.30. The third kappa shape index (κ3) is 36.2. The molecule has 0 aromatic carbocycles. The number of nitrogens with zero attached hydrogens (tertiary/aromatic N) is 1. The van der Waals surface area contributed by atoms with Crippen molar-refractivity contribution in [2.75, 3.05) is 38.6 Å². The van der Waals surface area contributed by atoms with Crippen molar-refractivity contribution < 1.29 is 9.59 Å². The Bertz CT molecular complexity index is 693. The predicted octanol–water partition coefficient (Wildman–Crippen LogP) is 13.6. The molecule has 0 aromatic heterocycles. The molecule has 0 aliphatic carbocycles. The second kappa shape index (κ2) is 41.4. The number of amides is 2. The van der Waals surface area contributed by atoms with E-state index < -0.39 is 0 Å². The van der Waals surface area contributed by atoms with Gasteiger partial charge in [0.2, 0.25) is 11.8 Å². The average Bonchev–Trinajstić information content (AvgIpc) is 3.14. The molecule has 310 valence electrons. The molecule has 0 saturated heterocycles. The molecule has 6 heteroatoms. The molecule has 0 bridgehead atoms. The van der Waals surface area contributed by atoms with Crippen LogP contribution in [0.1, 0.15) is 233 Å². The van der Waals surface area contributed by atoms with Gasteiger partial charge in [-0.25, -0.2) is 0 Å². The van der Waals surface area contributed by atoms with Crippen LogP contribution >= 0.6 is 11.6 Å². The Balaban J connectivity index is 4.22. The molecule has 0 aromatic rings. The van der Waals surface area contributed by atoms with E-state index in [1.54, 1.807) is 0 Å². The summed E-state index contributed by atoms with van der Waals surface area (Å²) in [5.41, 5.74) is 0. The standard InChI is InChI=1S/C46H92ClN3O2/c1-5-9-13-17-19-25-33-43(31-23-15-11-7-3)41-48-45(51)35-27-21-29-38-50(40-37-47)39-30-22-28-36-46(52)49-42-44(32-24-16-12-8-4)34-26-20-18-14-10-6-2/h43-44H,5-42H2,1-4H3,(H,48,51)(H,49,52). The largest absolute Gasteiger partial charge is 0.356 e. The first-order valence-electron chi connectivity index (χ1n) is 23.3. The van der Waals surface area contributed by atoms with E-state index in [0.717, 1.165) is 71.2 Å². The van der Waals surface area contributed by atoms with Crippen LogP contribution in [-0.2, 0) is 9.59 Å². The van der Waals surface area contributed by atoms with Crippen LogP contribution in [0.3, 0.4) is 0 Å². The fourth-order valence-electron chi connectivity index (χ4n) is 7.59. The fraction of sp³-hybridized carbons (Fsp3) is 0.957. The number of hydrogen-bond acceptors (Lipinski definition) is 3. The number of rotatable bonds is 42. The number of carbonyl (C=O) groups excluding carboxylic acids is 2. The van der Waals surface area contributed by atoms with Crippen LogP contribution in [0, 0.1) is 11.8 Å². The molecule has 0 aliphatic heterocycles. The van der Waals surface area contributed by atoms with Crippen LogP contribution in [0.4, 0.5) is 0 Å². The minimum atomic E-state index is 0.239. The summed E-state index contributed by atoms with van der Waals surface area (Å²) < 4.78 is 0. The van der Waals surface area contributed by atoms with E-state index in [1.165, 1.54) is 154 Å². The topological polar surface area (TPSA) is 61.4 Å². The number of carbonyl (C=O) groups is 2. The van der Waals surface area contributed by atoms with Crippen molar-refractivity contribution in [3.63, 3.8) is 0 Å². The summed E-state index contributed by atoms with van der Waals surface area (Å²) >= 11 is 6.15. The van der Waals surface area contributed by atoms with Gasteiger partial charge in [-0.1, -0.05) is 169 Å². The zero-order valence-electron chi connectivity index (χ0n) is 35.7. The van der Waals surface area contributed by atoms with E-state index in [-0.39, 0.29) is 11.8 Å². The first-order valence-corrected chi connectivity index (χ1v) is 23.9. The van der Waals surface area contributed by atoms with Gasteiger partial charge in [0, 0.05) is 38.4 Å². The maximum Gasteiger partial charge on any atom is 0.220 e. The van der Waals surface area contributed by atoms with Gasteiger partial charge in [0.1, 0.15) is 0 Å². The number of alkyl halides is 1. The van der Waals surface area contributed by atoms with Crippen molar-refractivity contribution in [3.05, 3.63) is 0 Å². The van der Waals surface area contributed by atoms with Crippen molar-refractivity contribution in [1.29, 1.82) is 0 Å². The Morgan fingerprint density at radius 3 is 1.08 bits per heavy atom. The molecule has 0 heterocycles. The molecule has 2 amide bonds. The second-order valence-electron chi connectivity index (χ2n) is 16.3. The monoisotopic (exact) mass is 754 g/mol. The Hall–Kier alpha value is -0.810. The van der Waals surface area contributed by atoms with Gasteiger partial charge in [0.25, 0.3) is 0 Å². The summed E-state index contributed by atoms with van der Waals surface area (Å²) in [6, 6.07) is 0. The molecule has 0 spiro atoms. The van der Waals surface area contributed by atoms with Crippen molar-refractivity contribution in [2.45, 2.75) is 233 Å². The molecule has 5 nitrogen and oxygen atoms in total. The van der Waals surface area contributed by atoms with Gasteiger partial charge in [-0.2, -0.15) is 0 Å². The lowest BCUT2D eigenvalue weighted by atomic mass is 9.94. The quantitative estimate of drug-likeness (QED) is 0.0482. The Labute approximate surface area is 331 Å². The van der Waals surface area contributed by atoms with Crippen molar-refractivity contribution in [3.8, 4) is 0 Å². The maximum atomic E-state index is 12.7. The average molecular weight is 755 g/mol.